The van der Waals surface area contributed by atoms with E-state index in [1.165, 1.54) is 25.7 Å². The summed E-state index contributed by atoms with van der Waals surface area (Å²) in [6, 6.07) is 0.544. The largest absolute Gasteiger partial charge is 0.399 e. The van der Waals surface area contributed by atoms with Crippen molar-refractivity contribution in [1.29, 1.82) is 0 Å². The van der Waals surface area contributed by atoms with Crippen LogP contribution in [0.25, 0.3) is 0 Å². The Balaban J connectivity index is 0. The minimum absolute atomic E-state index is 0.0120. The van der Waals surface area contributed by atoms with Crippen LogP contribution in [-0.4, -0.2) is 94.7 Å². The molecular formula is C32H62N6O6S. The Morgan fingerprint density at radius 3 is 2.04 bits per heavy atom. The molecule has 1 rings (SSSR count). The molecule has 3 unspecified atom stereocenters. The number of amides is 4. The first-order chi connectivity index (χ1) is 21.7. The molecule has 1 heterocycles. The van der Waals surface area contributed by atoms with E-state index < -0.39 is 0 Å². The maximum atomic E-state index is 11.9. The summed E-state index contributed by atoms with van der Waals surface area (Å²) in [5.74, 6) is -0.227. The first kappa shape index (κ1) is 44.4. The number of ether oxygens (including phenoxy) is 3. The molecule has 3 atom stereocenters. The maximum absolute atomic E-state index is 11.9. The quantitative estimate of drug-likeness (QED) is 0.0393. The zero-order valence-corrected chi connectivity index (χ0v) is 29.4. The molecule has 1 saturated heterocycles. The minimum atomic E-state index is -0.227. The third-order valence-electron chi connectivity index (χ3n) is 6.43. The van der Waals surface area contributed by atoms with E-state index in [4.69, 9.17) is 25.7 Å². The molecule has 0 bridgehead atoms. The molecule has 4 amide bonds. The van der Waals surface area contributed by atoms with Gasteiger partial charge in [-0.25, -0.2) is 4.79 Å². The van der Waals surface area contributed by atoms with Gasteiger partial charge in [-0.05, 0) is 51.5 Å². The molecule has 8 N–H and O–H groups in total. The zero-order valence-electron chi connectivity index (χ0n) is 28.6. The highest BCUT2D eigenvalue weighted by atomic mass is 32.2. The van der Waals surface area contributed by atoms with E-state index in [-0.39, 0.29) is 18.0 Å². The summed E-state index contributed by atoms with van der Waals surface area (Å²) in [6.07, 6.45) is 12.4. The second-order valence-electron chi connectivity index (χ2n) is 10.1. The van der Waals surface area contributed by atoms with Gasteiger partial charge >= 0.3 is 6.03 Å². The van der Waals surface area contributed by atoms with Gasteiger partial charge in [0, 0.05) is 54.6 Å². The van der Waals surface area contributed by atoms with Gasteiger partial charge in [0.15, 0.2) is 0 Å². The van der Waals surface area contributed by atoms with Crippen molar-refractivity contribution in [3.63, 3.8) is 0 Å². The van der Waals surface area contributed by atoms with E-state index in [0.29, 0.717) is 93.8 Å². The van der Waals surface area contributed by atoms with Crippen LogP contribution in [0.15, 0.2) is 35.7 Å². The predicted molar refractivity (Wildman–Crippen MR) is 186 cm³/mol. The van der Waals surface area contributed by atoms with Crippen LogP contribution in [0.4, 0.5) is 4.79 Å². The molecule has 0 aromatic rings. The molecule has 262 valence electrons. The molecule has 0 saturated carbocycles. The fourth-order valence-electron chi connectivity index (χ4n) is 3.91. The Morgan fingerprint density at radius 1 is 0.978 bits per heavy atom. The van der Waals surface area contributed by atoms with Crippen LogP contribution in [0.5, 0.6) is 0 Å². The van der Waals surface area contributed by atoms with Gasteiger partial charge < -0.3 is 46.9 Å². The van der Waals surface area contributed by atoms with Crippen molar-refractivity contribution in [2.45, 2.75) is 90.5 Å². The van der Waals surface area contributed by atoms with Crippen LogP contribution in [0.2, 0.25) is 0 Å². The molecule has 0 spiro atoms. The number of carbonyl (C=O) groups is 3. The van der Waals surface area contributed by atoms with E-state index in [1.807, 2.05) is 25.6 Å². The number of nitrogens with two attached hydrogens (primary N) is 2. The van der Waals surface area contributed by atoms with Crippen molar-refractivity contribution in [3.8, 4) is 0 Å². The fraction of sp³-hybridized carbons (Fsp3) is 0.719. The standard InChI is InChI=1S/C19H34N4O5.C11H22N2OS.C2H6/c1-16(20)5-6-18(21)17(2)19(25)23-8-4-10-27-12-14-28-13-11-26-9-3-7-22-15-24;1-4-5-6-7-9(15-3)10-8(2)12-11(14)13-10;1-2/h5-6,15H,1,3-4,7-14,20-21H2,2H3,(H,22,24)(H,23,25);8-10H,4-7H2,1-3H3,(H2,12,13,14);1-2H3/b6-5-,18-17-;;. The molecule has 1 fully saturated rings. The highest BCUT2D eigenvalue weighted by Gasteiger charge is 2.33. The van der Waals surface area contributed by atoms with Crippen LogP contribution in [0, 0.1) is 0 Å². The van der Waals surface area contributed by atoms with Crippen molar-refractivity contribution < 1.29 is 28.6 Å². The van der Waals surface area contributed by atoms with E-state index in [9.17, 15) is 14.4 Å². The van der Waals surface area contributed by atoms with Crippen molar-refractivity contribution in [2.75, 3.05) is 59.0 Å². The van der Waals surface area contributed by atoms with Crippen LogP contribution in [0.3, 0.4) is 0 Å². The number of rotatable bonds is 24. The topological polar surface area (TPSA) is 179 Å². The highest BCUT2D eigenvalue weighted by molar-refractivity contribution is 7.99. The summed E-state index contributed by atoms with van der Waals surface area (Å²) in [4.78, 5) is 33.1. The van der Waals surface area contributed by atoms with Crippen molar-refractivity contribution in [1.82, 2.24) is 21.3 Å². The number of thioether (sulfide) groups is 1. The molecule has 45 heavy (non-hydrogen) atoms. The molecule has 1 aliphatic heterocycles. The number of nitrogens with one attached hydrogen (secondary N) is 4. The predicted octanol–water partition coefficient (Wildman–Crippen LogP) is 3.33. The van der Waals surface area contributed by atoms with Gasteiger partial charge in [-0.15, -0.1) is 0 Å². The Kier molecular flexibility index (Phi) is 30.8. The Hall–Kier alpha value is -2.74. The number of unbranched alkanes of at least 4 members (excludes halogenated alkanes) is 2. The number of urea groups is 1. The SMILES string of the molecule is C=C(N)/C=C\C(N)=C(/C)C(=O)NCCCOCCOCCOCCCNC=O.CC.CCCCCC(SC)C1NC(=O)NC1C. The monoisotopic (exact) mass is 658 g/mol. The van der Waals surface area contributed by atoms with Gasteiger partial charge in [0.1, 0.15) is 0 Å². The third kappa shape index (κ3) is 25.2. The second kappa shape index (κ2) is 31.3. The lowest BCUT2D eigenvalue weighted by molar-refractivity contribution is -0.117. The number of allylic oxidation sites excluding steroid dienone is 2. The Labute approximate surface area is 276 Å². The summed E-state index contributed by atoms with van der Waals surface area (Å²) >= 11 is 1.87. The van der Waals surface area contributed by atoms with Gasteiger partial charge in [-0.1, -0.05) is 46.6 Å². The lowest BCUT2D eigenvalue weighted by Gasteiger charge is -2.24. The molecule has 0 aromatic heterocycles. The van der Waals surface area contributed by atoms with E-state index >= 15 is 0 Å². The summed E-state index contributed by atoms with van der Waals surface area (Å²) in [6.45, 7) is 17.7. The first-order valence-corrected chi connectivity index (χ1v) is 17.3. The zero-order chi connectivity index (χ0) is 34.3. The van der Waals surface area contributed by atoms with Crippen molar-refractivity contribution >= 4 is 30.1 Å². The van der Waals surface area contributed by atoms with Crippen LogP contribution < -0.4 is 32.7 Å². The molecule has 1 aliphatic rings. The molecular weight excluding hydrogens is 596 g/mol. The van der Waals surface area contributed by atoms with Crippen LogP contribution in [0.1, 0.15) is 73.1 Å². The van der Waals surface area contributed by atoms with Crippen LogP contribution >= 0.6 is 11.8 Å². The normalized spacial score (nSPS) is 16.6. The summed E-state index contributed by atoms with van der Waals surface area (Å²) in [5, 5.41) is 11.8. The number of hydrogen-bond acceptors (Lipinski definition) is 9. The van der Waals surface area contributed by atoms with E-state index in [2.05, 4.69) is 47.9 Å². The Bertz CT molecular complexity index is 858. The molecule has 13 heteroatoms. The molecule has 0 radical (unpaired) electrons. The number of carbonyl (C=O) groups excluding carboxylic acids is 3. The molecule has 0 aliphatic carbocycles. The summed E-state index contributed by atoms with van der Waals surface area (Å²) in [5.41, 5.74) is 12.4. The van der Waals surface area contributed by atoms with Crippen molar-refractivity contribution in [3.05, 3.63) is 35.7 Å². The van der Waals surface area contributed by atoms with Gasteiger partial charge in [-0.2, -0.15) is 11.8 Å². The smallest absolute Gasteiger partial charge is 0.315 e. The fourth-order valence-corrected chi connectivity index (χ4v) is 4.91. The Morgan fingerprint density at radius 2 is 1.56 bits per heavy atom. The average Bonchev–Trinajstić information content (AvgIpc) is 3.37. The van der Waals surface area contributed by atoms with Gasteiger partial charge in [0.25, 0.3) is 0 Å². The number of hydrogen-bond donors (Lipinski definition) is 6. The summed E-state index contributed by atoms with van der Waals surface area (Å²) in [7, 11) is 0. The second-order valence-corrected chi connectivity index (χ2v) is 11.1. The van der Waals surface area contributed by atoms with Gasteiger partial charge in [-0.3, -0.25) is 9.59 Å². The molecule has 0 aromatic carbocycles. The van der Waals surface area contributed by atoms with Gasteiger partial charge in [0.2, 0.25) is 12.3 Å². The lowest BCUT2D eigenvalue weighted by Crippen LogP contribution is -2.40. The summed E-state index contributed by atoms with van der Waals surface area (Å²) < 4.78 is 16.1. The first-order valence-electron chi connectivity index (χ1n) is 16.0. The van der Waals surface area contributed by atoms with Crippen molar-refractivity contribution in [2.24, 2.45) is 11.5 Å². The highest BCUT2D eigenvalue weighted by Crippen LogP contribution is 2.22. The molecule has 12 nitrogen and oxygen atoms in total. The minimum Gasteiger partial charge on any atom is -0.399 e. The van der Waals surface area contributed by atoms with E-state index in [0.717, 1.165) is 6.42 Å². The van der Waals surface area contributed by atoms with Gasteiger partial charge in [0.05, 0.1) is 32.5 Å². The average molecular weight is 659 g/mol. The van der Waals surface area contributed by atoms with E-state index in [1.54, 1.807) is 19.1 Å². The maximum Gasteiger partial charge on any atom is 0.315 e. The van der Waals surface area contributed by atoms with Crippen LogP contribution in [-0.2, 0) is 23.8 Å². The third-order valence-corrected chi connectivity index (χ3v) is 7.56. The lowest BCUT2D eigenvalue weighted by atomic mass is 10.0.